The molecular formula is C14H9FN4O2. The fourth-order valence-electron chi connectivity index (χ4n) is 1.81. The molecule has 0 unspecified atom stereocenters. The molecule has 1 heterocycles. The molecule has 2 aromatic rings. The highest BCUT2D eigenvalue weighted by molar-refractivity contribution is 5.97. The molecule has 0 saturated heterocycles. The van der Waals surface area contributed by atoms with Crippen molar-refractivity contribution in [2.45, 2.75) is 0 Å². The number of nitrogens with two attached hydrogens (primary N) is 1. The zero-order valence-corrected chi connectivity index (χ0v) is 10.7. The number of allylic oxidation sites excluding steroid dienone is 1. The molecule has 6 nitrogen and oxygen atoms in total. The summed E-state index contributed by atoms with van der Waals surface area (Å²) < 4.78 is 13.1. The maximum atomic E-state index is 13.1. The van der Waals surface area contributed by atoms with Crippen molar-refractivity contribution in [1.29, 1.82) is 5.26 Å². The van der Waals surface area contributed by atoms with Crippen LogP contribution >= 0.6 is 0 Å². The van der Waals surface area contributed by atoms with Crippen LogP contribution in [0.1, 0.15) is 11.1 Å². The van der Waals surface area contributed by atoms with E-state index in [1.807, 2.05) is 6.07 Å². The Morgan fingerprint density at radius 1 is 1.43 bits per heavy atom. The Hall–Kier alpha value is -3.27. The summed E-state index contributed by atoms with van der Waals surface area (Å²) in [6, 6.07) is 8.10. The van der Waals surface area contributed by atoms with E-state index in [0.29, 0.717) is 5.56 Å². The van der Waals surface area contributed by atoms with Gasteiger partial charge in [0, 0.05) is 18.0 Å². The number of nitrogens with zero attached hydrogens (tertiary/aromatic N) is 3. The minimum Gasteiger partial charge on any atom is -0.397 e. The summed E-state index contributed by atoms with van der Waals surface area (Å²) in [5.41, 5.74) is 5.73. The van der Waals surface area contributed by atoms with Gasteiger partial charge in [-0.15, -0.1) is 0 Å². The quantitative estimate of drug-likeness (QED) is 0.529. The lowest BCUT2D eigenvalue weighted by atomic mass is 10.0. The second-order valence-corrected chi connectivity index (χ2v) is 4.06. The number of aromatic nitrogens is 1. The molecule has 21 heavy (non-hydrogen) atoms. The molecule has 0 saturated carbocycles. The first-order valence-electron chi connectivity index (χ1n) is 5.79. The highest BCUT2D eigenvalue weighted by atomic mass is 19.1. The van der Waals surface area contributed by atoms with Crippen molar-refractivity contribution < 1.29 is 9.31 Å². The van der Waals surface area contributed by atoms with Gasteiger partial charge < -0.3 is 5.73 Å². The molecule has 0 aliphatic carbocycles. The Labute approximate surface area is 119 Å². The molecule has 0 atom stereocenters. The number of nitro benzene ring substituents is 1. The molecule has 0 spiro atoms. The van der Waals surface area contributed by atoms with E-state index in [9.17, 15) is 19.8 Å². The Morgan fingerprint density at radius 2 is 2.19 bits per heavy atom. The van der Waals surface area contributed by atoms with Gasteiger partial charge in [0.15, 0.2) is 0 Å². The summed E-state index contributed by atoms with van der Waals surface area (Å²) in [7, 11) is 0. The number of nitriles is 1. The number of hydrogen-bond donors (Lipinski definition) is 1. The first-order chi connectivity index (χ1) is 10.0. The monoisotopic (exact) mass is 284 g/mol. The fraction of sp³-hybridized carbons (Fsp3) is 0. The molecule has 0 aliphatic heterocycles. The number of hydrogen-bond acceptors (Lipinski definition) is 5. The summed E-state index contributed by atoms with van der Waals surface area (Å²) >= 11 is 0. The summed E-state index contributed by atoms with van der Waals surface area (Å²) in [6.07, 6.45) is 2.94. The Balaban J connectivity index is 2.68. The number of rotatable bonds is 3. The van der Waals surface area contributed by atoms with Crippen molar-refractivity contribution in [1.82, 2.24) is 4.98 Å². The lowest BCUT2D eigenvalue weighted by Crippen LogP contribution is -2.05. The van der Waals surface area contributed by atoms with Gasteiger partial charge in [0.25, 0.3) is 5.69 Å². The van der Waals surface area contributed by atoms with Crippen molar-refractivity contribution in [3.63, 3.8) is 0 Å². The van der Waals surface area contributed by atoms with Crippen molar-refractivity contribution in [3.8, 4) is 6.07 Å². The molecule has 0 bridgehead atoms. The van der Waals surface area contributed by atoms with E-state index in [-0.39, 0.29) is 16.8 Å². The molecule has 7 heteroatoms. The molecule has 104 valence electrons. The highest BCUT2D eigenvalue weighted by Crippen LogP contribution is 2.29. The van der Waals surface area contributed by atoms with Crippen molar-refractivity contribution in [2.75, 3.05) is 0 Å². The Kier molecular flexibility index (Phi) is 3.90. The van der Waals surface area contributed by atoms with Crippen molar-refractivity contribution in [3.05, 3.63) is 69.8 Å². The Morgan fingerprint density at radius 3 is 2.76 bits per heavy atom. The van der Waals surface area contributed by atoms with Crippen LogP contribution in [-0.2, 0) is 0 Å². The van der Waals surface area contributed by atoms with Crippen LogP contribution in [0.2, 0.25) is 0 Å². The normalized spacial score (nSPS) is 11.4. The largest absolute Gasteiger partial charge is 0.397 e. The maximum Gasteiger partial charge on any atom is 0.281 e. The van der Waals surface area contributed by atoms with Gasteiger partial charge in [-0.1, -0.05) is 6.07 Å². The van der Waals surface area contributed by atoms with E-state index in [2.05, 4.69) is 4.98 Å². The van der Waals surface area contributed by atoms with Gasteiger partial charge in [0.1, 0.15) is 11.9 Å². The molecule has 2 N–H and O–H groups in total. The van der Waals surface area contributed by atoms with Gasteiger partial charge in [0.05, 0.1) is 27.8 Å². The predicted octanol–water partition coefficient (Wildman–Crippen LogP) is 2.48. The zero-order chi connectivity index (χ0) is 15.4. The summed E-state index contributed by atoms with van der Waals surface area (Å²) in [4.78, 5) is 14.1. The number of pyridine rings is 1. The van der Waals surface area contributed by atoms with Crippen LogP contribution in [0.4, 0.5) is 10.1 Å². The minimum absolute atomic E-state index is 0.0122. The third kappa shape index (κ3) is 2.84. The summed E-state index contributed by atoms with van der Waals surface area (Å²) in [6.45, 7) is 0. The van der Waals surface area contributed by atoms with E-state index < -0.39 is 16.4 Å². The van der Waals surface area contributed by atoms with Crippen molar-refractivity contribution in [2.24, 2.45) is 5.73 Å². The van der Waals surface area contributed by atoms with Crippen LogP contribution < -0.4 is 5.73 Å². The van der Waals surface area contributed by atoms with Crippen LogP contribution in [0.3, 0.4) is 0 Å². The average molecular weight is 284 g/mol. The number of halogens is 1. The van der Waals surface area contributed by atoms with Crippen LogP contribution in [0.25, 0.3) is 11.3 Å². The zero-order valence-electron chi connectivity index (χ0n) is 10.7. The lowest BCUT2D eigenvalue weighted by molar-refractivity contribution is -0.385. The van der Waals surface area contributed by atoms with E-state index in [4.69, 9.17) is 5.73 Å². The lowest BCUT2D eigenvalue weighted by Gasteiger charge is -2.07. The second-order valence-electron chi connectivity index (χ2n) is 4.06. The van der Waals surface area contributed by atoms with Gasteiger partial charge in [-0.3, -0.25) is 15.1 Å². The average Bonchev–Trinajstić information content (AvgIpc) is 2.48. The van der Waals surface area contributed by atoms with E-state index in [1.54, 1.807) is 12.1 Å². The van der Waals surface area contributed by atoms with E-state index in [0.717, 1.165) is 12.1 Å². The molecule has 0 aliphatic rings. The number of nitro groups is 1. The van der Waals surface area contributed by atoms with Gasteiger partial charge in [-0.25, -0.2) is 4.39 Å². The fourth-order valence-corrected chi connectivity index (χ4v) is 1.81. The van der Waals surface area contributed by atoms with Gasteiger partial charge >= 0.3 is 0 Å². The molecular weight excluding hydrogens is 275 g/mol. The van der Waals surface area contributed by atoms with Crippen LogP contribution in [-0.4, -0.2) is 9.91 Å². The molecule has 1 aromatic carbocycles. The van der Waals surface area contributed by atoms with Crippen molar-refractivity contribution >= 4 is 17.0 Å². The standard InChI is InChI=1S/C14H9FN4O2/c15-10-3-4-11(13(6-10)19(20)21)14(17)12(7-16)9-2-1-5-18-8-9/h1-6,8H,17H2/b14-12-. The predicted molar refractivity (Wildman–Crippen MR) is 73.9 cm³/mol. The van der Waals surface area contributed by atoms with E-state index in [1.165, 1.54) is 18.5 Å². The molecule has 0 amide bonds. The smallest absolute Gasteiger partial charge is 0.281 e. The van der Waals surface area contributed by atoms with Crippen LogP contribution in [0.15, 0.2) is 42.7 Å². The van der Waals surface area contributed by atoms with Gasteiger partial charge in [-0.2, -0.15) is 5.26 Å². The molecule has 0 fully saturated rings. The topological polar surface area (TPSA) is 106 Å². The second kappa shape index (κ2) is 5.79. The van der Waals surface area contributed by atoms with Gasteiger partial charge in [0.2, 0.25) is 0 Å². The molecule has 1 aromatic heterocycles. The third-order valence-electron chi connectivity index (χ3n) is 2.78. The van der Waals surface area contributed by atoms with Crippen LogP contribution in [0.5, 0.6) is 0 Å². The number of benzene rings is 1. The molecule has 2 rings (SSSR count). The first-order valence-corrected chi connectivity index (χ1v) is 5.79. The van der Waals surface area contributed by atoms with Crippen LogP contribution in [0, 0.1) is 27.3 Å². The third-order valence-corrected chi connectivity index (χ3v) is 2.78. The summed E-state index contributed by atoms with van der Waals surface area (Å²) in [5.74, 6) is -0.752. The van der Waals surface area contributed by atoms with Gasteiger partial charge in [-0.05, 0) is 18.2 Å². The SMILES string of the molecule is N#C/C(=C(/N)c1ccc(F)cc1[N+](=O)[O-])c1cccnc1. The Bertz CT molecular complexity index is 766. The maximum absolute atomic E-state index is 13.1. The van der Waals surface area contributed by atoms with E-state index >= 15 is 0 Å². The molecule has 0 radical (unpaired) electrons. The summed E-state index contributed by atoms with van der Waals surface area (Å²) in [5, 5.41) is 20.2. The highest BCUT2D eigenvalue weighted by Gasteiger charge is 2.20. The first kappa shape index (κ1) is 14.1. The minimum atomic E-state index is -0.752.